The van der Waals surface area contributed by atoms with Gasteiger partial charge in [0.25, 0.3) is 0 Å². The lowest BCUT2D eigenvalue weighted by Crippen LogP contribution is -2.03. The van der Waals surface area contributed by atoms with Gasteiger partial charge in [-0.3, -0.25) is 0 Å². The van der Waals surface area contributed by atoms with Gasteiger partial charge in [0.2, 0.25) is 0 Å². The molecule has 1 N–H and O–H groups in total. The van der Waals surface area contributed by atoms with E-state index in [0.29, 0.717) is 10.6 Å². The van der Waals surface area contributed by atoms with Gasteiger partial charge in [0.05, 0.1) is 6.10 Å². The summed E-state index contributed by atoms with van der Waals surface area (Å²) in [5, 5.41) is 10.7. The number of rotatable bonds is 3. The minimum Gasteiger partial charge on any atom is -0.388 e. The van der Waals surface area contributed by atoms with Crippen LogP contribution in [0.25, 0.3) is 0 Å². The third-order valence-corrected chi connectivity index (χ3v) is 4.29. The molecule has 19 heavy (non-hydrogen) atoms. The Kier molecular flexibility index (Phi) is 5.01. The lowest BCUT2D eigenvalue weighted by atomic mass is 10.0. The molecule has 2 rings (SSSR count). The number of halogens is 4. The van der Waals surface area contributed by atoms with E-state index >= 15 is 0 Å². The summed E-state index contributed by atoms with van der Waals surface area (Å²) in [4.78, 5) is 0. The topological polar surface area (TPSA) is 20.2 Å². The summed E-state index contributed by atoms with van der Waals surface area (Å²) < 4.78 is 14.9. The Balaban J connectivity index is 2.25. The monoisotopic (exact) mass is 406 g/mol. The number of hydrogen-bond donors (Lipinski definition) is 1. The molecule has 1 atom stereocenters. The fourth-order valence-electron chi connectivity index (χ4n) is 1.79. The molecule has 0 bridgehead atoms. The summed E-state index contributed by atoms with van der Waals surface area (Å²) in [6.45, 7) is 0. The van der Waals surface area contributed by atoms with Gasteiger partial charge in [-0.05, 0) is 41.5 Å². The molecule has 0 aliphatic rings. The van der Waals surface area contributed by atoms with Crippen LogP contribution in [0.2, 0.25) is 5.02 Å². The number of aliphatic hydroxyl groups is 1. The Bertz CT molecular complexity index is 604. The Hall–Kier alpha value is -0.420. The first kappa shape index (κ1) is 15.0. The summed E-state index contributed by atoms with van der Waals surface area (Å²) in [6.07, 6.45) is -0.488. The molecule has 5 heteroatoms. The van der Waals surface area contributed by atoms with Crippen LogP contribution < -0.4 is 0 Å². The Labute approximate surface area is 132 Å². The predicted octanol–water partition coefficient (Wildman–Crippen LogP) is 5.28. The zero-order valence-corrected chi connectivity index (χ0v) is 13.6. The molecule has 0 aliphatic heterocycles. The van der Waals surface area contributed by atoms with Gasteiger partial charge in [-0.2, -0.15) is 0 Å². The second-order valence-electron chi connectivity index (χ2n) is 4.12. The van der Waals surface area contributed by atoms with Crippen molar-refractivity contribution in [2.45, 2.75) is 12.5 Å². The van der Waals surface area contributed by atoms with Crippen molar-refractivity contribution < 1.29 is 9.50 Å². The van der Waals surface area contributed by atoms with Crippen LogP contribution in [0, 0.1) is 5.82 Å². The molecule has 0 fully saturated rings. The summed E-state index contributed by atoms with van der Waals surface area (Å²) >= 11 is 12.7. The van der Waals surface area contributed by atoms with Gasteiger partial charge in [0.1, 0.15) is 5.82 Å². The molecular weight excluding hydrogens is 398 g/mol. The first-order valence-corrected chi connectivity index (χ1v) is 7.50. The largest absolute Gasteiger partial charge is 0.388 e. The fourth-order valence-corrected chi connectivity index (χ4v) is 3.30. The molecule has 0 amide bonds. The zero-order valence-electron chi connectivity index (χ0n) is 9.71. The summed E-state index contributed by atoms with van der Waals surface area (Å²) in [5.41, 5.74) is 1.33. The van der Waals surface area contributed by atoms with Crippen molar-refractivity contribution in [3.05, 3.63) is 67.3 Å². The SMILES string of the molecule is OC(Cc1cc(F)ccc1Cl)c1ccc(Br)cc1Br. The molecule has 0 aromatic heterocycles. The maximum atomic E-state index is 13.2. The standard InChI is InChI=1S/C14H10Br2ClFO/c15-9-1-3-11(12(16)7-9)14(19)6-8-5-10(18)2-4-13(8)17/h1-5,7,14,19H,6H2. The third kappa shape index (κ3) is 3.78. The Morgan fingerprint density at radius 3 is 2.58 bits per heavy atom. The second-order valence-corrected chi connectivity index (χ2v) is 6.30. The molecule has 0 saturated heterocycles. The fraction of sp³-hybridized carbons (Fsp3) is 0.143. The van der Waals surface area contributed by atoms with Gasteiger partial charge in [-0.25, -0.2) is 4.39 Å². The molecule has 0 spiro atoms. The quantitative estimate of drug-likeness (QED) is 0.733. The van der Waals surface area contributed by atoms with Crippen molar-refractivity contribution in [1.29, 1.82) is 0 Å². The summed E-state index contributed by atoms with van der Waals surface area (Å²) in [6, 6.07) is 9.65. The van der Waals surface area contributed by atoms with Crippen molar-refractivity contribution in [2.24, 2.45) is 0 Å². The van der Waals surface area contributed by atoms with E-state index in [1.165, 1.54) is 18.2 Å². The van der Waals surface area contributed by atoms with Crippen molar-refractivity contribution in [2.75, 3.05) is 0 Å². The van der Waals surface area contributed by atoms with E-state index < -0.39 is 6.10 Å². The van der Waals surface area contributed by atoms with E-state index in [2.05, 4.69) is 31.9 Å². The smallest absolute Gasteiger partial charge is 0.123 e. The van der Waals surface area contributed by atoms with E-state index in [0.717, 1.165) is 14.5 Å². The molecule has 1 unspecified atom stereocenters. The van der Waals surface area contributed by atoms with Crippen molar-refractivity contribution in [3.8, 4) is 0 Å². The first-order chi connectivity index (χ1) is 8.97. The highest BCUT2D eigenvalue weighted by Crippen LogP contribution is 2.30. The van der Waals surface area contributed by atoms with Gasteiger partial charge in [0, 0.05) is 20.4 Å². The normalized spacial score (nSPS) is 12.5. The minimum atomic E-state index is -0.748. The number of aliphatic hydroxyl groups excluding tert-OH is 1. The highest BCUT2D eigenvalue weighted by molar-refractivity contribution is 9.11. The summed E-state index contributed by atoms with van der Waals surface area (Å²) in [5.74, 6) is -0.360. The third-order valence-electron chi connectivity index (χ3n) is 2.74. The average Bonchev–Trinajstić information content (AvgIpc) is 2.33. The second kappa shape index (κ2) is 6.35. The van der Waals surface area contributed by atoms with E-state index in [4.69, 9.17) is 11.6 Å². The molecule has 0 aliphatic carbocycles. The average molecular weight is 408 g/mol. The maximum Gasteiger partial charge on any atom is 0.123 e. The lowest BCUT2D eigenvalue weighted by Gasteiger charge is -2.14. The maximum absolute atomic E-state index is 13.2. The summed E-state index contributed by atoms with van der Waals surface area (Å²) in [7, 11) is 0. The van der Waals surface area contributed by atoms with Crippen molar-refractivity contribution in [1.82, 2.24) is 0 Å². The van der Waals surface area contributed by atoms with Gasteiger partial charge in [-0.15, -0.1) is 0 Å². The molecule has 0 saturated carbocycles. The van der Waals surface area contributed by atoms with Gasteiger partial charge < -0.3 is 5.11 Å². The lowest BCUT2D eigenvalue weighted by molar-refractivity contribution is 0.177. The highest BCUT2D eigenvalue weighted by atomic mass is 79.9. The van der Waals surface area contributed by atoms with Crippen LogP contribution in [-0.4, -0.2) is 5.11 Å². The van der Waals surface area contributed by atoms with Crippen LogP contribution in [0.3, 0.4) is 0 Å². The zero-order chi connectivity index (χ0) is 14.0. The van der Waals surface area contributed by atoms with E-state index in [1.54, 1.807) is 0 Å². The van der Waals surface area contributed by atoms with E-state index in [1.807, 2.05) is 18.2 Å². The molecule has 1 nitrogen and oxygen atoms in total. The molecule has 0 radical (unpaired) electrons. The molecule has 0 heterocycles. The highest BCUT2D eigenvalue weighted by Gasteiger charge is 2.14. The van der Waals surface area contributed by atoms with Gasteiger partial charge >= 0.3 is 0 Å². The van der Waals surface area contributed by atoms with Crippen LogP contribution in [0.1, 0.15) is 17.2 Å². The Morgan fingerprint density at radius 1 is 1.16 bits per heavy atom. The van der Waals surface area contributed by atoms with Crippen molar-refractivity contribution >= 4 is 43.5 Å². The minimum absolute atomic E-state index is 0.261. The molecule has 2 aromatic carbocycles. The number of hydrogen-bond acceptors (Lipinski definition) is 1. The molecular formula is C14H10Br2ClFO. The van der Waals surface area contributed by atoms with Crippen LogP contribution >= 0.6 is 43.5 Å². The van der Waals surface area contributed by atoms with Crippen LogP contribution in [-0.2, 0) is 6.42 Å². The van der Waals surface area contributed by atoms with Crippen LogP contribution in [0.5, 0.6) is 0 Å². The van der Waals surface area contributed by atoms with Crippen molar-refractivity contribution in [3.63, 3.8) is 0 Å². The van der Waals surface area contributed by atoms with Gasteiger partial charge in [-0.1, -0.05) is 49.5 Å². The van der Waals surface area contributed by atoms with E-state index in [9.17, 15) is 9.50 Å². The van der Waals surface area contributed by atoms with Crippen LogP contribution in [0.4, 0.5) is 4.39 Å². The number of benzene rings is 2. The predicted molar refractivity (Wildman–Crippen MR) is 81.9 cm³/mol. The first-order valence-electron chi connectivity index (χ1n) is 5.54. The van der Waals surface area contributed by atoms with Crippen LogP contribution in [0.15, 0.2) is 45.3 Å². The molecule has 2 aromatic rings. The van der Waals surface area contributed by atoms with E-state index in [-0.39, 0.29) is 12.2 Å². The Morgan fingerprint density at radius 2 is 1.89 bits per heavy atom. The molecule has 100 valence electrons. The van der Waals surface area contributed by atoms with Gasteiger partial charge in [0.15, 0.2) is 0 Å².